The number of ether oxygens (including phenoxy) is 2. The van der Waals surface area contributed by atoms with Gasteiger partial charge in [0.25, 0.3) is 0 Å². The normalized spacial score (nSPS) is 12.0. The van der Waals surface area contributed by atoms with E-state index in [1.165, 1.54) is 7.11 Å². The van der Waals surface area contributed by atoms with Crippen LogP contribution in [0.15, 0.2) is 28.9 Å². The summed E-state index contributed by atoms with van der Waals surface area (Å²) in [5.74, 6) is -0.523. The van der Waals surface area contributed by atoms with Gasteiger partial charge in [-0.2, -0.15) is 0 Å². The fourth-order valence-electron chi connectivity index (χ4n) is 2.35. The van der Waals surface area contributed by atoms with Crippen LogP contribution in [0.4, 0.5) is 4.79 Å². The van der Waals surface area contributed by atoms with Crippen LogP contribution in [0.2, 0.25) is 0 Å². The van der Waals surface area contributed by atoms with Crippen molar-refractivity contribution in [3.8, 4) is 0 Å². The predicted molar refractivity (Wildman–Crippen MR) is 106 cm³/mol. The van der Waals surface area contributed by atoms with Crippen LogP contribution in [0.5, 0.6) is 0 Å². The first kappa shape index (κ1) is 22.0. The number of fused-ring (bicyclic) bond motifs is 1. The number of para-hydroxylation sites is 1. The van der Waals surface area contributed by atoms with E-state index < -0.39 is 23.7 Å². The van der Waals surface area contributed by atoms with Crippen molar-refractivity contribution in [2.45, 2.75) is 52.7 Å². The maximum atomic E-state index is 12.0. The summed E-state index contributed by atoms with van der Waals surface area (Å²) in [5, 5.41) is 3.56. The zero-order chi connectivity index (χ0) is 19.9. The summed E-state index contributed by atoms with van der Waals surface area (Å²) in [6.07, 6.45) is 1.46. The maximum absolute atomic E-state index is 12.0. The molecule has 0 unspecified atom stereocenters. The van der Waals surface area contributed by atoms with Crippen molar-refractivity contribution in [1.29, 1.82) is 0 Å². The second-order valence-corrected chi connectivity index (χ2v) is 7.26. The highest BCUT2D eigenvalue weighted by atomic mass is 79.9. The molecule has 144 valence electrons. The number of methoxy groups -OCH3 is 1. The second kappa shape index (κ2) is 9.62. The number of amides is 1. The van der Waals surface area contributed by atoms with Gasteiger partial charge in [0.1, 0.15) is 11.6 Å². The van der Waals surface area contributed by atoms with E-state index in [1.54, 1.807) is 20.8 Å². The third-order valence-electron chi connectivity index (χ3n) is 3.35. The summed E-state index contributed by atoms with van der Waals surface area (Å²) in [6.45, 7) is 9.28. The van der Waals surface area contributed by atoms with Crippen LogP contribution in [0.3, 0.4) is 0 Å². The van der Waals surface area contributed by atoms with Crippen molar-refractivity contribution < 1.29 is 19.1 Å². The van der Waals surface area contributed by atoms with Gasteiger partial charge in [0, 0.05) is 22.5 Å². The lowest BCUT2D eigenvalue weighted by molar-refractivity contribution is -0.143. The Balaban J connectivity index is 0.00000163. The molecule has 0 saturated heterocycles. The van der Waals surface area contributed by atoms with Gasteiger partial charge in [-0.05, 0) is 48.3 Å². The molecule has 6 nitrogen and oxygen atoms in total. The van der Waals surface area contributed by atoms with Gasteiger partial charge in [-0.3, -0.25) is 0 Å². The molecule has 7 heteroatoms. The minimum absolute atomic E-state index is 0.294. The molecular weight excluding hydrogens is 400 g/mol. The Bertz CT molecular complexity index is 750. The monoisotopic (exact) mass is 426 g/mol. The molecule has 26 heavy (non-hydrogen) atoms. The van der Waals surface area contributed by atoms with Gasteiger partial charge >= 0.3 is 12.1 Å². The van der Waals surface area contributed by atoms with Crippen LogP contribution in [-0.4, -0.2) is 35.8 Å². The van der Waals surface area contributed by atoms with Gasteiger partial charge in [0.15, 0.2) is 0 Å². The number of H-pyrrole nitrogens is 1. The first-order valence-electron chi connectivity index (χ1n) is 8.53. The van der Waals surface area contributed by atoms with Crippen LogP contribution in [0, 0.1) is 0 Å². The summed E-state index contributed by atoms with van der Waals surface area (Å²) >= 11 is 3.48. The van der Waals surface area contributed by atoms with Crippen LogP contribution in [0.1, 0.15) is 40.2 Å². The molecule has 0 fully saturated rings. The molecule has 0 saturated carbocycles. The highest BCUT2D eigenvalue weighted by Gasteiger charge is 2.26. The largest absolute Gasteiger partial charge is 0.467 e. The van der Waals surface area contributed by atoms with E-state index in [0.29, 0.717) is 6.42 Å². The van der Waals surface area contributed by atoms with E-state index in [2.05, 4.69) is 26.2 Å². The fraction of sp³-hybridized carbons (Fsp3) is 0.474. The van der Waals surface area contributed by atoms with E-state index >= 15 is 0 Å². The van der Waals surface area contributed by atoms with Crippen molar-refractivity contribution in [3.63, 3.8) is 0 Å². The molecule has 1 amide bonds. The first-order valence-corrected chi connectivity index (χ1v) is 9.32. The second-order valence-electron chi connectivity index (χ2n) is 6.40. The number of benzene rings is 1. The summed E-state index contributed by atoms with van der Waals surface area (Å²) in [6, 6.07) is 4.97. The van der Waals surface area contributed by atoms with E-state index in [-0.39, 0.29) is 0 Å². The molecule has 0 aliphatic rings. The third kappa shape index (κ3) is 6.05. The Morgan fingerprint density at radius 1 is 1.27 bits per heavy atom. The topological polar surface area (TPSA) is 80.4 Å². The molecule has 0 aliphatic heterocycles. The number of carbonyl (C=O) groups is 2. The van der Waals surface area contributed by atoms with Crippen LogP contribution >= 0.6 is 15.9 Å². The SMILES string of the molecule is CC.COC(=O)[C@H](Cc1c[nH]c2c(Br)cccc12)NC(=O)OC(C)(C)C. The number of aromatic nitrogens is 1. The number of alkyl carbamates (subject to hydrolysis) is 1. The van der Waals surface area contributed by atoms with E-state index in [4.69, 9.17) is 9.47 Å². The van der Waals surface area contributed by atoms with Crippen molar-refractivity contribution >= 4 is 38.9 Å². The summed E-state index contributed by atoms with van der Waals surface area (Å²) in [5.41, 5.74) is 1.20. The molecule has 0 spiro atoms. The Labute approximate surface area is 162 Å². The number of esters is 1. The molecule has 0 bridgehead atoms. The van der Waals surface area contributed by atoms with E-state index in [9.17, 15) is 9.59 Å². The Morgan fingerprint density at radius 3 is 2.50 bits per heavy atom. The number of nitrogens with one attached hydrogen (secondary N) is 2. The standard InChI is InChI=1S/C17H21BrN2O4.C2H6/c1-17(2,3)24-16(22)20-13(15(21)23-4)8-10-9-19-14-11(10)6-5-7-12(14)18;1-2/h5-7,9,13,19H,8H2,1-4H3,(H,20,22);1-2H3/t13-;/m0./s1. The average Bonchev–Trinajstić information content (AvgIpc) is 2.98. The Kier molecular flexibility index (Phi) is 8.14. The summed E-state index contributed by atoms with van der Waals surface area (Å²) < 4.78 is 10.9. The molecule has 0 aliphatic carbocycles. The lowest BCUT2D eigenvalue weighted by Gasteiger charge is -2.22. The van der Waals surface area contributed by atoms with Gasteiger partial charge < -0.3 is 19.8 Å². The molecular formula is C19H27BrN2O4. The average molecular weight is 427 g/mol. The lowest BCUT2D eigenvalue weighted by Crippen LogP contribution is -2.45. The Morgan fingerprint density at radius 2 is 1.92 bits per heavy atom. The molecule has 1 aromatic heterocycles. The van der Waals surface area contributed by atoms with Gasteiger partial charge in [0.05, 0.1) is 12.6 Å². The van der Waals surface area contributed by atoms with Crippen LogP contribution in [0.25, 0.3) is 10.9 Å². The van der Waals surface area contributed by atoms with Gasteiger partial charge in [-0.1, -0.05) is 26.0 Å². The zero-order valence-electron chi connectivity index (χ0n) is 16.1. The molecule has 2 N–H and O–H groups in total. The van der Waals surface area contributed by atoms with Crippen molar-refractivity contribution in [3.05, 3.63) is 34.4 Å². The van der Waals surface area contributed by atoms with E-state index in [1.807, 2.05) is 38.2 Å². The van der Waals surface area contributed by atoms with Gasteiger partial charge in [-0.15, -0.1) is 0 Å². The molecule has 2 aromatic rings. The maximum Gasteiger partial charge on any atom is 0.408 e. The predicted octanol–water partition coefficient (Wildman–Crippen LogP) is 4.57. The lowest BCUT2D eigenvalue weighted by atomic mass is 10.1. The highest BCUT2D eigenvalue weighted by molar-refractivity contribution is 9.10. The number of carbonyl (C=O) groups excluding carboxylic acids is 2. The first-order chi connectivity index (χ1) is 12.2. The third-order valence-corrected chi connectivity index (χ3v) is 4.01. The quantitative estimate of drug-likeness (QED) is 0.701. The zero-order valence-corrected chi connectivity index (χ0v) is 17.7. The molecule has 1 aromatic carbocycles. The smallest absolute Gasteiger partial charge is 0.408 e. The van der Waals surface area contributed by atoms with Gasteiger partial charge in [0.2, 0.25) is 0 Å². The fourth-order valence-corrected chi connectivity index (χ4v) is 2.83. The minimum atomic E-state index is -0.831. The van der Waals surface area contributed by atoms with Gasteiger partial charge in [-0.25, -0.2) is 9.59 Å². The number of aromatic amines is 1. The number of rotatable bonds is 4. The van der Waals surface area contributed by atoms with Crippen molar-refractivity contribution in [1.82, 2.24) is 10.3 Å². The van der Waals surface area contributed by atoms with Crippen molar-refractivity contribution in [2.24, 2.45) is 0 Å². The molecule has 0 radical (unpaired) electrons. The number of hydrogen-bond donors (Lipinski definition) is 2. The number of halogens is 1. The number of hydrogen-bond acceptors (Lipinski definition) is 4. The highest BCUT2D eigenvalue weighted by Crippen LogP contribution is 2.26. The van der Waals surface area contributed by atoms with Crippen LogP contribution in [-0.2, 0) is 20.7 Å². The van der Waals surface area contributed by atoms with Crippen molar-refractivity contribution in [2.75, 3.05) is 7.11 Å². The Hall–Kier alpha value is -2.02. The minimum Gasteiger partial charge on any atom is -0.467 e. The van der Waals surface area contributed by atoms with E-state index in [0.717, 1.165) is 20.9 Å². The molecule has 2 rings (SSSR count). The summed E-state index contributed by atoms with van der Waals surface area (Å²) in [4.78, 5) is 27.2. The molecule has 1 atom stereocenters. The van der Waals surface area contributed by atoms with Crippen LogP contribution < -0.4 is 5.32 Å². The summed E-state index contributed by atoms with van der Waals surface area (Å²) in [7, 11) is 1.29. The molecule has 1 heterocycles.